The number of aliphatic hydroxyl groups excluding tert-OH is 1. The molecule has 2 fully saturated rings. The van der Waals surface area contributed by atoms with Gasteiger partial charge in [-0.25, -0.2) is 4.98 Å². The number of aromatic nitrogens is 1. The first kappa shape index (κ1) is 17.2. The Hall–Kier alpha value is -0.200. The van der Waals surface area contributed by atoms with Crippen molar-refractivity contribution in [3.05, 3.63) is 16.1 Å². The van der Waals surface area contributed by atoms with E-state index in [1.165, 1.54) is 36.5 Å². The summed E-state index contributed by atoms with van der Waals surface area (Å²) in [6, 6.07) is 0. The van der Waals surface area contributed by atoms with Gasteiger partial charge in [-0.15, -0.1) is 23.7 Å². The van der Waals surface area contributed by atoms with Gasteiger partial charge in [0.05, 0.1) is 11.2 Å². The minimum atomic E-state index is 0. The number of nitrogens with zero attached hydrogens (tertiary/aromatic N) is 2. The molecule has 0 spiro atoms. The summed E-state index contributed by atoms with van der Waals surface area (Å²) in [7, 11) is 0. The van der Waals surface area contributed by atoms with Crippen LogP contribution in [0.4, 0.5) is 0 Å². The standard InChI is InChI=1S/C15H25N3OS.ClH/c1-11-15(20-10-17-11)8-18-4-2-12(3-5-18)14-7-16-6-13(14)9-19;/h10,12-14,16,19H,2-9H2,1H3;1H/t13-,14-;/m0./s1. The lowest BCUT2D eigenvalue weighted by Crippen LogP contribution is -2.38. The molecule has 120 valence electrons. The highest BCUT2D eigenvalue weighted by molar-refractivity contribution is 7.09. The summed E-state index contributed by atoms with van der Waals surface area (Å²) in [5, 5.41) is 12.9. The molecule has 0 aromatic carbocycles. The molecule has 0 aliphatic carbocycles. The third-order valence-electron chi connectivity index (χ3n) is 5.08. The van der Waals surface area contributed by atoms with E-state index in [-0.39, 0.29) is 12.4 Å². The van der Waals surface area contributed by atoms with Crippen LogP contribution in [0.1, 0.15) is 23.4 Å². The highest BCUT2D eigenvalue weighted by Gasteiger charge is 2.34. The molecular formula is C15H26ClN3OS. The summed E-state index contributed by atoms with van der Waals surface area (Å²) in [6.07, 6.45) is 2.56. The molecule has 2 saturated heterocycles. The third-order valence-corrected chi connectivity index (χ3v) is 6.00. The highest BCUT2D eigenvalue weighted by Crippen LogP contribution is 2.33. The molecule has 6 heteroatoms. The van der Waals surface area contributed by atoms with E-state index in [1.54, 1.807) is 11.3 Å². The summed E-state index contributed by atoms with van der Waals surface area (Å²) in [4.78, 5) is 8.32. The summed E-state index contributed by atoms with van der Waals surface area (Å²) in [6.45, 7) is 8.00. The van der Waals surface area contributed by atoms with Gasteiger partial charge in [-0.05, 0) is 57.2 Å². The molecule has 0 amide bonds. The molecule has 2 aliphatic rings. The summed E-state index contributed by atoms with van der Waals surface area (Å²) >= 11 is 1.78. The predicted octanol–water partition coefficient (Wildman–Crippen LogP) is 1.91. The van der Waals surface area contributed by atoms with Gasteiger partial charge in [0.25, 0.3) is 0 Å². The van der Waals surface area contributed by atoms with E-state index in [0.717, 1.165) is 25.6 Å². The molecule has 0 bridgehead atoms. The smallest absolute Gasteiger partial charge is 0.0798 e. The van der Waals surface area contributed by atoms with Crippen LogP contribution in [0.15, 0.2) is 5.51 Å². The SMILES string of the molecule is Cc1ncsc1CN1CCC([C@@H]2CNC[C@H]2CO)CC1.Cl. The predicted molar refractivity (Wildman–Crippen MR) is 89.0 cm³/mol. The van der Waals surface area contributed by atoms with Crippen molar-refractivity contribution in [3.8, 4) is 0 Å². The van der Waals surface area contributed by atoms with E-state index in [1.807, 2.05) is 5.51 Å². The zero-order valence-electron chi connectivity index (χ0n) is 12.6. The van der Waals surface area contributed by atoms with E-state index in [0.29, 0.717) is 18.4 Å². The molecule has 0 radical (unpaired) electrons. The number of rotatable bonds is 4. The van der Waals surface area contributed by atoms with Gasteiger partial charge in [0, 0.05) is 24.6 Å². The normalized spacial score (nSPS) is 27.7. The second kappa shape index (κ2) is 7.88. The van der Waals surface area contributed by atoms with Crippen LogP contribution in [0.5, 0.6) is 0 Å². The Bertz CT molecular complexity index is 434. The number of hydrogen-bond acceptors (Lipinski definition) is 5. The largest absolute Gasteiger partial charge is 0.396 e. The van der Waals surface area contributed by atoms with Crippen LogP contribution in [0.25, 0.3) is 0 Å². The third kappa shape index (κ3) is 3.96. The van der Waals surface area contributed by atoms with Crippen molar-refractivity contribution in [2.75, 3.05) is 32.8 Å². The molecular weight excluding hydrogens is 306 g/mol. The van der Waals surface area contributed by atoms with Crippen LogP contribution >= 0.6 is 23.7 Å². The van der Waals surface area contributed by atoms with E-state index in [4.69, 9.17) is 0 Å². The van der Waals surface area contributed by atoms with Crippen LogP contribution in [-0.2, 0) is 6.54 Å². The number of likely N-dealkylation sites (tertiary alicyclic amines) is 1. The maximum absolute atomic E-state index is 9.46. The lowest BCUT2D eigenvalue weighted by Gasteiger charge is -2.36. The fourth-order valence-electron chi connectivity index (χ4n) is 3.73. The molecule has 2 N–H and O–H groups in total. The molecule has 0 unspecified atom stereocenters. The zero-order chi connectivity index (χ0) is 13.9. The van der Waals surface area contributed by atoms with Crippen molar-refractivity contribution in [1.82, 2.24) is 15.2 Å². The molecule has 2 atom stereocenters. The van der Waals surface area contributed by atoms with Crippen molar-refractivity contribution >= 4 is 23.7 Å². The second-order valence-electron chi connectivity index (χ2n) is 6.24. The lowest BCUT2D eigenvalue weighted by atomic mass is 9.79. The van der Waals surface area contributed by atoms with E-state index >= 15 is 0 Å². The molecule has 1 aromatic rings. The number of thiazole rings is 1. The average molecular weight is 332 g/mol. The Kier molecular flexibility index (Phi) is 6.44. The first-order valence-corrected chi connectivity index (χ1v) is 8.58. The highest BCUT2D eigenvalue weighted by atomic mass is 35.5. The van der Waals surface area contributed by atoms with Gasteiger partial charge in [-0.2, -0.15) is 0 Å². The topological polar surface area (TPSA) is 48.4 Å². The van der Waals surface area contributed by atoms with Gasteiger partial charge in [0.15, 0.2) is 0 Å². The maximum Gasteiger partial charge on any atom is 0.0798 e. The average Bonchev–Trinajstić information content (AvgIpc) is 3.09. The minimum absolute atomic E-state index is 0. The van der Waals surface area contributed by atoms with E-state index in [2.05, 4.69) is 22.1 Å². The van der Waals surface area contributed by atoms with E-state index in [9.17, 15) is 5.11 Å². The van der Waals surface area contributed by atoms with Crippen LogP contribution in [0, 0.1) is 24.7 Å². The van der Waals surface area contributed by atoms with Crippen molar-refractivity contribution in [2.45, 2.75) is 26.3 Å². The first-order valence-electron chi connectivity index (χ1n) is 7.71. The number of piperidine rings is 1. The minimum Gasteiger partial charge on any atom is -0.396 e. The van der Waals surface area contributed by atoms with Crippen molar-refractivity contribution in [1.29, 1.82) is 0 Å². The molecule has 1 aromatic heterocycles. The number of nitrogens with one attached hydrogen (secondary N) is 1. The number of hydrogen-bond donors (Lipinski definition) is 2. The second-order valence-corrected chi connectivity index (χ2v) is 7.18. The van der Waals surface area contributed by atoms with Crippen LogP contribution in [0.3, 0.4) is 0 Å². The molecule has 2 aliphatic heterocycles. The van der Waals surface area contributed by atoms with Gasteiger partial charge in [0.2, 0.25) is 0 Å². The molecule has 3 heterocycles. The maximum atomic E-state index is 9.46. The Balaban J connectivity index is 0.00000161. The Morgan fingerprint density at radius 2 is 2.14 bits per heavy atom. The van der Waals surface area contributed by atoms with Gasteiger partial charge in [-0.1, -0.05) is 0 Å². The molecule has 3 rings (SSSR count). The van der Waals surface area contributed by atoms with Gasteiger partial charge in [0.1, 0.15) is 0 Å². The van der Waals surface area contributed by atoms with Crippen molar-refractivity contribution in [3.63, 3.8) is 0 Å². The molecule has 4 nitrogen and oxygen atoms in total. The van der Waals surface area contributed by atoms with Gasteiger partial charge >= 0.3 is 0 Å². The van der Waals surface area contributed by atoms with Crippen molar-refractivity contribution < 1.29 is 5.11 Å². The van der Waals surface area contributed by atoms with E-state index < -0.39 is 0 Å². The zero-order valence-corrected chi connectivity index (χ0v) is 14.3. The lowest BCUT2D eigenvalue weighted by molar-refractivity contribution is 0.108. The van der Waals surface area contributed by atoms with Crippen molar-refractivity contribution in [2.24, 2.45) is 17.8 Å². The quantitative estimate of drug-likeness (QED) is 0.885. The fraction of sp³-hybridized carbons (Fsp3) is 0.800. The summed E-state index contributed by atoms with van der Waals surface area (Å²) < 4.78 is 0. The summed E-state index contributed by atoms with van der Waals surface area (Å²) in [5.41, 5.74) is 3.14. The number of aryl methyl sites for hydroxylation is 1. The Labute approximate surface area is 137 Å². The number of aliphatic hydroxyl groups is 1. The monoisotopic (exact) mass is 331 g/mol. The molecule has 0 saturated carbocycles. The van der Waals surface area contributed by atoms with Crippen LogP contribution < -0.4 is 5.32 Å². The Morgan fingerprint density at radius 1 is 1.38 bits per heavy atom. The van der Waals surface area contributed by atoms with Gasteiger partial charge < -0.3 is 10.4 Å². The Morgan fingerprint density at radius 3 is 2.76 bits per heavy atom. The van der Waals surface area contributed by atoms with Crippen LogP contribution in [0.2, 0.25) is 0 Å². The van der Waals surface area contributed by atoms with Crippen LogP contribution in [-0.4, -0.2) is 47.8 Å². The fourth-order valence-corrected chi connectivity index (χ4v) is 4.54. The molecule has 21 heavy (non-hydrogen) atoms. The van der Waals surface area contributed by atoms with Gasteiger partial charge in [-0.3, -0.25) is 4.90 Å². The first-order chi connectivity index (χ1) is 9.78. The number of halogens is 1. The summed E-state index contributed by atoms with van der Waals surface area (Å²) in [5.74, 6) is 1.96.